The van der Waals surface area contributed by atoms with Gasteiger partial charge in [0.25, 0.3) is 0 Å². The Hall–Kier alpha value is -2.76. The van der Waals surface area contributed by atoms with Crippen molar-refractivity contribution < 1.29 is 0 Å². The first-order chi connectivity index (χ1) is 10.1. The maximum absolute atomic E-state index is 6.14. The molecule has 1 aromatic carbocycles. The summed E-state index contributed by atoms with van der Waals surface area (Å²) < 4.78 is 3.20. The van der Waals surface area contributed by atoms with E-state index in [1.165, 1.54) is 4.68 Å². The van der Waals surface area contributed by atoms with Gasteiger partial charge in [0.15, 0.2) is 11.6 Å². The zero-order valence-electron chi connectivity index (χ0n) is 12.1. The Kier molecular flexibility index (Phi) is 3.13. The molecular formula is C15H18N6. The van der Waals surface area contributed by atoms with Crippen LogP contribution in [0, 0.1) is 0 Å². The molecule has 0 aliphatic carbocycles. The van der Waals surface area contributed by atoms with Crippen molar-refractivity contribution in [3.05, 3.63) is 42.2 Å². The summed E-state index contributed by atoms with van der Waals surface area (Å²) in [6.07, 6.45) is 2.74. The second kappa shape index (κ2) is 4.97. The summed E-state index contributed by atoms with van der Waals surface area (Å²) in [7, 11) is 1.89. The predicted molar refractivity (Wildman–Crippen MR) is 83.8 cm³/mol. The Balaban J connectivity index is 2.17. The third kappa shape index (κ3) is 2.14. The van der Waals surface area contributed by atoms with E-state index in [9.17, 15) is 0 Å². The number of nitrogen functional groups attached to an aromatic ring is 2. The van der Waals surface area contributed by atoms with Crippen LogP contribution < -0.4 is 11.6 Å². The van der Waals surface area contributed by atoms with Crippen LogP contribution in [0.2, 0.25) is 0 Å². The number of nitrogens with two attached hydrogens (primary N) is 2. The summed E-state index contributed by atoms with van der Waals surface area (Å²) in [6, 6.07) is 9.76. The van der Waals surface area contributed by atoms with Gasteiger partial charge in [0.2, 0.25) is 0 Å². The van der Waals surface area contributed by atoms with Crippen molar-refractivity contribution in [2.45, 2.75) is 13.3 Å². The summed E-state index contributed by atoms with van der Waals surface area (Å²) in [5, 5.41) is 4.43. The summed E-state index contributed by atoms with van der Waals surface area (Å²) in [6.45, 7) is 2.06. The highest BCUT2D eigenvalue weighted by atomic mass is 15.4. The molecule has 0 amide bonds. The smallest absolute Gasteiger partial charge is 0.160 e. The van der Waals surface area contributed by atoms with Crippen molar-refractivity contribution in [1.29, 1.82) is 0 Å². The molecule has 3 aromatic rings. The van der Waals surface area contributed by atoms with Crippen LogP contribution in [0.3, 0.4) is 0 Å². The summed E-state index contributed by atoms with van der Waals surface area (Å²) in [5.41, 5.74) is 9.65. The number of hydrogen-bond donors (Lipinski definition) is 2. The van der Waals surface area contributed by atoms with Crippen molar-refractivity contribution in [3.8, 4) is 22.6 Å². The van der Waals surface area contributed by atoms with Crippen LogP contribution in [0.1, 0.15) is 12.6 Å². The number of benzene rings is 1. The van der Waals surface area contributed by atoms with Crippen LogP contribution in [-0.2, 0) is 13.5 Å². The van der Waals surface area contributed by atoms with Gasteiger partial charge in [0, 0.05) is 24.4 Å². The monoisotopic (exact) mass is 282 g/mol. The van der Waals surface area contributed by atoms with Crippen LogP contribution >= 0.6 is 0 Å². The van der Waals surface area contributed by atoms with E-state index >= 15 is 0 Å². The Labute approximate surface area is 123 Å². The van der Waals surface area contributed by atoms with Gasteiger partial charge in [0.05, 0.1) is 5.69 Å². The quantitative estimate of drug-likeness (QED) is 0.717. The Morgan fingerprint density at radius 2 is 1.90 bits per heavy atom. The van der Waals surface area contributed by atoms with Crippen LogP contribution in [-0.4, -0.2) is 19.4 Å². The normalized spacial score (nSPS) is 11.0. The molecule has 2 heterocycles. The van der Waals surface area contributed by atoms with Gasteiger partial charge in [-0.3, -0.25) is 4.68 Å². The highest BCUT2D eigenvalue weighted by molar-refractivity contribution is 5.76. The first-order valence-corrected chi connectivity index (χ1v) is 6.83. The molecule has 0 saturated heterocycles. The third-order valence-electron chi connectivity index (χ3n) is 3.48. The molecule has 0 aliphatic heterocycles. The van der Waals surface area contributed by atoms with Gasteiger partial charge in [-0.25, -0.2) is 9.66 Å². The fourth-order valence-corrected chi connectivity index (χ4v) is 2.43. The van der Waals surface area contributed by atoms with E-state index in [4.69, 9.17) is 11.6 Å². The third-order valence-corrected chi connectivity index (χ3v) is 3.48. The van der Waals surface area contributed by atoms with E-state index in [2.05, 4.69) is 17.0 Å². The number of aromatic nitrogens is 4. The van der Waals surface area contributed by atoms with Gasteiger partial charge in [-0.1, -0.05) is 37.3 Å². The van der Waals surface area contributed by atoms with E-state index in [0.29, 0.717) is 17.3 Å². The maximum Gasteiger partial charge on any atom is 0.160 e. The number of imidazole rings is 1. The first kappa shape index (κ1) is 13.2. The lowest BCUT2D eigenvalue weighted by atomic mass is 10.1. The van der Waals surface area contributed by atoms with Gasteiger partial charge in [-0.15, -0.1) is 0 Å². The molecule has 0 atom stereocenters. The zero-order valence-corrected chi connectivity index (χ0v) is 12.1. The van der Waals surface area contributed by atoms with Crippen molar-refractivity contribution in [1.82, 2.24) is 19.4 Å². The first-order valence-electron chi connectivity index (χ1n) is 6.83. The molecule has 0 saturated carbocycles. The van der Waals surface area contributed by atoms with Crippen LogP contribution in [0.15, 0.2) is 36.5 Å². The molecule has 0 aliphatic rings. The van der Waals surface area contributed by atoms with E-state index in [-0.39, 0.29) is 0 Å². The number of aryl methyl sites for hydroxylation is 2. The molecule has 0 spiro atoms. The Morgan fingerprint density at radius 3 is 2.57 bits per heavy atom. The molecule has 0 unspecified atom stereocenters. The average Bonchev–Trinajstić information content (AvgIpc) is 3.01. The lowest BCUT2D eigenvalue weighted by Gasteiger charge is -2.02. The minimum absolute atomic E-state index is 0.441. The molecule has 0 bridgehead atoms. The average molecular weight is 282 g/mol. The highest BCUT2D eigenvalue weighted by Gasteiger charge is 2.19. The summed E-state index contributed by atoms with van der Waals surface area (Å²) in [4.78, 5) is 4.63. The molecule has 4 N–H and O–H groups in total. The molecule has 0 fully saturated rings. The maximum atomic E-state index is 6.14. The van der Waals surface area contributed by atoms with Gasteiger partial charge < -0.3 is 11.6 Å². The Morgan fingerprint density at radius 1 is 1.19 bits per heavy atom. The van der Waals surface area contributed by atoms with Crippen molar-refractivity contribution in [2.75, 3.05) is 11.6 Å². The van der Waals surface area contributed by atoms with E-state index in [1.54, 1.807) is 4.68 Å². The second-order valence-electron chi connectivity index (χ2n) is 4.92. The molecular weight excluding hydrogens is 264 g/mol. The topological polar surface area (TPSA) is 87.7 Å². The SMILES string of the molecule is CCc1nn(C)cc1-c1nc(-c2ccccc2)n(N)c1N. The van der Waals surface area contributed by atoms with E-state index in [1.807, 2.05) is 43.6 Å². The standard InChI is InChI=1S/C15H18N6/c1-3-12-11(9-20(2)19-12)13-14(16)21(17)15(18-13)10-7-5-4-6-8-10/h4-9H,3,16-17H2,1-2H3. The zero-order chi connectivity index (χ0) is 15.0. The second-order valence-corrected chi connectivity index (χ2v) is 4.92. The number of nitrogens with zero attached hydrogens (tertiary/aromatic N) is 4. The fraction of sp³-hybridized carbons (Fsp3) is 0.200. The number of rotatable bonds is 3. The largest absolute Gasteiger partial charge is 0.382 e. The summed E-state index contributed by atoms with van der Waals surface area (Å²) in [5.74, 6) is 7.16. The molecule has 2 aromatic heterocycles. The van der Waals surface area contributed by atoms with Gasteiger partial charge >= 0.3 is 0 Å². The van der Waals surface area contributed by atoms with Crippen LogP contribution in [0.4, 0.5) is 5.82 Å². The van der Waals surface area contributed by atoms with Crippen molar-refractivity contribution >= 4 is 5.82 Å². The van der Waals surface area contributed by atoms with Crippen LogP contribution in [0.5, 0.6) is 0 Å². The van der Waals surface area contributed by atoms with Gasteiger partial charge in [-0.2, -0.15) is 5.10 Å². The molecule has 108 valence electrons. The molecule has 6 nitrogen and oxygen atoms in total. The fourth-order valence-electron chi connectivity index (χ4n) is 2.43. The van der Waals surface area contributed by atoms with Crippen molar-refractivity contribution in [3.63, 3.8) is 0 Å². The van der Waals surface area contributed by atoms with E-state index in [0.717, 1.165) is 23.2 Å². The highest BCUT2D eigenvalue weighted by Crippen LogP contribution is 2.31. The molecule has 21 heavy (non-hydrogen) atoms. The Bertz CT molecular complexity index is 769. The lowest BCUT2D eigenvalue weighted by Crippen LogP contribution is -2.13. The lowest BCUT2D eigenvalue weighted by molar-refractivity contribution is 0.746. The predicted octanol–water partition coefficient (Wildman–Crippen LogP) is 1.81. The molecule has 6 heteroatoms. The molecule has 3 rings (SSSR count). The van der Waals surface area contributed by atoms with Crippen LogP contribution in [0.25, 0.3) is 22.6 Å². The minimum atomic E-state index is 0.441. The van der Waals surface area contributed by atoms with Crippen molar-refractivity contribution in [2.24, 2.45) is 7.05 Å². The minimum Gasteiger partial charge on any atom is -0.382 e. The number of hydrogen-bond acceptors (Lipinski definition) is 4. The van der Waals surface area contributed by atoms with E-state index < -0.39 is 0 Å². The van der Waals surface area contributed by atoms with Gasteiger partial charge in [0.1, 0.15) is 5.69 Å². The number of anilines is 1. The van der Waals surface area contributed by atoms with Gasteiger partial charge in [-0.05, 0) is 6.42 Å². The molecule has 0 radical (unpaired) electrons. The summed E-state index contributed by atoms with van der Waals surface area (Å²) >= 11 is 0.